The van der Waals surface area contributed by atoms with Gasteiger partial charge in [0.05, 0.1) is 4.92 Å². The van der Waals surface area contributed by atoms with E-state index in [0.717, 1.165) is 4.90 Å². The average Bonchev–Trinajstić information content (AvgIpc) is 2.50. The predicted molar refractivity (Wildman–Crippen MR) is 78.6 cm³/mol. The maximum atomic E-state index is 12.3. The molecule has 0 aromatic heterocycles. The second-order valence-corrected chi connectivity index (χ2v) is 5.36. The number of nitro groups is 1. The van der Waals surface area contributed by atoms with Gasteiger partial charge < -0.3 is 5.11 Å². The molecule has 122 valence electrons. The van der Waals surface area contributed by atoms with Crippen LogP contribution in [0.25, 0.3) is 0 Å². The lowest BCUT2D eigenvalue weighted by molar-refractivity contribution is -0.384. The van der Waals surface area contributed by atoms with Crippen molar-refractivity contribution in [2.45, 2.75) is 25.7 Å². The van der Waals surface area contributed by atoms with Gasteiger partial charge >= 0.3 is 5.97 Å². The molecule has 8 heteroatoms. The van der Waals surface area contributed by atoms with E-state index in [2.05, 4.69) is 0 Å². The van der Waals surface area contributed by atoms with Gasteiger partial charge in [0.15, 0.2) is 0 Å². The van der Waals surface area contributed by atoms with Crippen LogP contribution in [0.3, 0.4) is 0 Å². The number of likely N-dealkylation sites (tertiary alicyclic amines) is 1. The maximum absolute atomic E-state index is 12.3. The summed E-state index contributed by atoms with van der Waals surface area (Å²) in [7, 11) is 0. The van der Waals surface area contributed by atoms with Gasteiger partial charge in [0.25, 0.3) is 5.69 Å². The molecular formula is C15H16N2O6. The van der Waals surface area contributed by atoms with Crippen LogP contribution in [0.15, 0.2) is 24.3 Å². The third-order valence-corrected chi connectivity index (χ3v) is 3.88. The molecule has 2 rings (SSSR count). The molecule has 1 aliphatic heterocycles. The van der Waals surface area contributed by atoms with Crippen molar-refractivity contribution >= 4 is 23.5 Å². The van der Waals surface area contributed by atoms with Crippen LogP contribution in [0.2, 0.25) is 0 Å². The van der Waals surface area contributed by atoms with Gasteiger partial charge in [-0.2, -0.15) is 0 Å². The van der Waals surface area contributed by atoms with Gasteiger partial charge in [0, 0.05) is 31.0 Å². The van der Waals surface area contributed by atoms with Crippen LogP contribution in [0.1, 0.15) is 31.2 Å². The molecule has 0 aliphatic carbocycles. The van der Waals surface area contributed by atoms with Crippen LogP contribution in [0, 0.1) is 16.0 Å². The normalized spacial score (nSPS) is 21.3. The van der Waals surface area contributed by atoms with E-state index in [4.69, 9.17) is 0 Å². The van der Waals surface area contributed by atoms with Crippen molar-refractivity contribution < 1.29 is 24.4 Å². The third kappa shape index (κ3) is 3.20. The summed E-state index contributed by atoms with van der Waals surface area (Å²) in [6.07, 6.45) is 0.437. The van der Waals surface area contributed by atoms with Crippen LogP contribution in [-0.4, -0.2) is 39.3 Å². The fraction of sp³-hybridized carbons (Fsp3) is 0.400. The number of non-ortho nitro benzene ring substituents is 1. The summed E-state index contributed by atoms with van der Waals surface area (Å²) in [4.78, 5) is 47.1. The molecule has 1 heterocycles. The first-order valence-electron chi connectivity index (χ1n) is 7.18. The number of hydrogen-bond acceptors (Lipinski definition) is 5. The third-order valence-electron chi connectivity index (χ3n) is 3.88. The molecule has 1 aromatic carbocycles. The van der Waals surface area contributed by atoms with Crippen LogP contribution < -0.4 is 0 Å². The second-order valence-electron chi connectivity index (χ2n) is 5.36. The molecule has 1 fully saturated rings. The minimum atomic E-state index is -1.36. The zero-order valence-corrected chi connectivity index (χ0v) is 12.5. The molecule has 2 atom stereocenters. The summed E-state index contributed by atoms with van der Waals surface area (Å²) in [6, 6.07) is 5.27. The number of benzene rings is 1. The van der Waals surface area contributed by atoms with Gasteiger partial charge in [-0.05, 0) is 12.0 Å². The minimum Gasteiger partial charge on any atom is -0.481 e. The Kier molecular flexibility index (Phi) is 4.73. The highest BCUT2D eigenvalue weighted by atomic mass is 16.6. The fourth-order valence-corrected chi connectivity index (χ4v) is 2.77. The summed E-state index contributed by atoms with van der Waals surface area (Å²) in [6.45, 7) is 1.98. The van der Waals surface area contributed by atoms with E-state index in [9.17, 15) is 29.6 Å². The molecule has 0 spiro atoms. The summed E-state index contributed by atoms with van der Waals surface area (Å²) in [5.41, 5.74) is 0.294. The summed E-state index contributed by atoms with van der Waals surface area (Å²) < 4.78 is 0. The van der Waals surface area contributed by atoms with Gasteiger partial charge in [-0.1, -0.05) is 19.1 Å². The molecule has 1 N–H and O–H groups in total. The number of aliphatic carboxylic acids is 1. The first kappa shape index (κ1) is 16.6. The molecule has 1 aliphatic rings. The number of carbonyl (C=O) groups excluding carboxylic acids is 2. The quantitative estimate of drug-likeness (QED) is 0.380. The summed E-state index contributed by atoms with van der Waals surface area (Å²) in [5, 5.41) is 20.1. The molecular weight excluding hydrogens is 304 g/mol. The Hall–Kier alpha value is -2.77. The van der Waals surface area contributed by atoms with Crippen LogP contribution >= 0.6 is 0 Å². The maximum Gasteiger partial charge on any atom is 0.316 e. The van der Waals surface area contributed by atoms with E-state index in [-0.39, 0.29) is 18.7 Å². The molecule has 1 aromatic rings. The van der Waals surface area contributed by atoms with Crippen molar-refractivity contribution in [3.8, 4) is 0 Å². The van der Waals surface area contributed by atoms with Crippen LogP contribution in [0.5, 0.6) is 0 Å². The van der Waals surface area contributed by atoms with Crippen molar-refractivity contribution in [3.05, 3.63) is 39.9 Å². The Bertz CT molecular complexity index is 654. The van der Waals surface area contributed by atoms with E-state index in [1.807, 2.05) is 0 Å². The van der Waals surface area contributed by atoms with E-state index in [1.54, 1.807) is 6.92 Å². The largest absolute Gasteiger partial charge is 0.481 e. The van der Waals surface area contributed by atoms with Crippen molar-refractivity contribution in [1.29, 1.82) is 0 Å². The van der Waals surface area contributed by atoms with E-state index >= 15 is 0 Å². The molecule has 0 saturated carbocycles. The van der Waals surface area contributed by atoms with Crippen molar-refractivity contribution in [2.24, 2.45) is 5.92 Å². The lowest BCUT2D eigenvalue weighted by Gasteiger charge is -2.34. The average molecular weight is 320 g/mol. The Morgan fingerprint density at radius 2 is 1.96 bits per heavy atom. The number of nitro benzene ring substituents is 1. The fourth-order valence-electron chi connectivity index (χ4n) is 2.77. The standard InChI is InChI=1S/C15H16N2O6/c1-2-7-16-12(18)8-11(13(14(16)19)15(20)21)9-3-5-10(6-4-9)17(22)23/h3-6,11,13H,2,7-8H2,1H3,(H,20,21). The van der Waals surface area contributed by atoms with Crippen molar-refractivity contribution in [2.75, 3.05) is 6.54 Å². The number of rotatable bonds is 5. The highest BCUT2D eigenvalue weighted by molar-refractivity contribution is 6.08. The summed E-state index contributed by atoms with van der Waals surface area (Å²) in [5.74, 6) is -4.62. The Labute approximate surface area is 131 Å². The van der Waals surface area contributed by atoms with Gasteiger partial charge in [0.1, 0.15) is 5.92 Å². The number of carbonyl (C=O) groups is 3. The Morgan fingerprint density at radius 3 is 2.43 bits per heavy atom. The highest BCUT2D eigenvalue weighted by Crippen LogP contribution is 2.35. The van der Waals surface area contributed by atoms with Crippen LogP contribution in [0.4, 0.5) is 5.69 Å². The number of piperidine rings is 1. The van der Waals surface area contributed by atoms with E-state index in [1.165, 1.54) is 24.3 Å². The summed E-state index contributed by atoms with van der Waals surface area (Å²) >= 11 is 0. The lowest BCUT2D eigenvalue weighted by atomic mass is 9.79. The van der Waals surface area contributed by atoms with Crippen molar-refractivity contribution in [3.63, 3.8) is 0 Å². The molecule has 0 bridgehead atoms. The minimum absolute atomic E-state index is 0.111. The molecule has 2 unspecified atom stereocenters. The first-order valence-corrected chi connectivity index (χ1v) is 7.18. The number of nitrogens with zero attached hydrogens (tertiary/aromatic N) is 2. The lowest BCUT2D eigenvalue weighted by Crippen LogP contribution is -2.51. The smallest absolute Gasteiger partial charge is 0.316 e. The topological polar surface area (TPSA) is 118 Å². The van der Waals surface area contributed by atoms with Gasteiger partial charge in [-0.3, -0.25) is 29.4 Å². The van der Waals surface area contributed by atoms with Crippen molar-refractivity contribution in [1.82, 2.24) is 4.90 Å². The Morgan fingerprint density at radius 1 is 1.35 bits per heavy atom. The second kappa shape index (κ2) is 6.55. The highest BCUT2D eigenvalue weighted by Gasteiger charge is 2.45. The number of carboxylic acids is 1. The number of imide groups is 1. The Balaban J connectivity index is 2.36. The number of hydrogen-bond donors (Lipinski definition) is 1. The predicted octanol–water partition coefficient (Wildman–Crippen LogP) is 1.55. The van der Waals surface area contributed by atoms with Gasteiger partial charge in [-0.15, -0.1) is 0 Å². The number of carboxylic acid groups (broad SMARTS) is 1. The zero-order valence-electron chi connectivity index (χ0n) is 12.5. The zero-order chi connectivity index (χ0) is 17.1. The molecule has 1 saturated heterocycles. The monoisotopic (exact) mass is 320 g/mol. The molecule has 23 heavy (non-hydrogen) atoms. The first-order chi connectivity index (χ1) is 10.9. The van der Waals surface area contributed by atoms with Crippen LogP contribution in [-0.2, 0) is 14.4 Å². The van der Waals surface area contributed by atoms with E-state index < -0.39 is 34.5 Å². The molecule has 8 nitrogen and oxygen atoms in total. The molecule has 2 amide bonds. The van der Waals surface area contributed by atoms with Gasteiger partial charge in [-0.25, -0.2) is 0 Å². The SMILES string of the molecule is CCCN1C(=O)CC(c2ccc([N+](=O)[O-])cc2)C(C(=O)O)C1=O. The number of amides is 2. The van der Waals surface area contributed by atoms with Gasteiger partial charge in [0.2, 0.25) is 11.8 Å². The van der Waals surface area contributed by atoms with E-state index in [0.29, 0.717) is 12.0 Å². The molecule has 0 radical (unpaired) electrons.